The zero-order valence-electron chi connectivity index (χ0n) is 11.7. The van der Waals surface area contributed by atoms with Crippen molar-refractivity contribution in [3.8, 4) is 0 Å². The third kappa shape index (κ3) is 3.28. The Morgan fingerprint density at radius 3 is 2.76 bits per heavy atom. The molecule has 0 bridgehead atoms. The van der Waals surface area contributed by atoms with Crippen molar-refractivity contribution in [2.24, 2.45) is 0 Å². The number of fused-ring (bicyclic) bond motifs is 1. The summed E-state index contributed by atoms with van der Waals surface area (Å²) >= 11 is 10.2. The van der Waals surface area contributed by atoms with Crippen LogP contribution in [0, 0.1) is 6.92 Å². The smallest absolute Gasteiger partial charge is 0.0705 e. The number of halogens is 2. The molecule has 0 saturated heterocycles. The maximum Gasteiger partial charge on any atom is 0.0705 e. The molecule has 3 heteroatoms. The van der Waals surface area contributed by atoms with Crippen LogP contribution >= 0.6 is 27.5 Å². The maximum absolute atomic E-state index is 6.60. The minimum atomic E-state index is -0.0899. The number of aryl methyl sites for hydroxylation is 1. The fourth-order valence-corrected chi connectivity index (χ4v) is 3.41. The molecule has 0 aliphatic carbocycles. The van der Waals surface area contributed by atoms with E-state index in [4.69, 9.17) is 16.6 Å². The summed E-state index contributed by atoms with van der Waals surface area (Å²) in [7, 11) is 0. The number of para-hydroxylation sites is 1. The molecule has 2 aromatic carbocycles. The van der Waals surface area contributed by atoms with Crippen molar-refractivity contribution in [2.75, 3.05) is 0 Å². The fourth-order valence-electron chi connectivity index (χ4n) is 2.42. The molecule has 0 aliphatic rings. The highest BCUT2D eigenvalue weighted by atomic mass is 79.9. The van der Waals surface area contributed by atoms with Gasteiger partial charge in [0.1, 0.15) is 0 Å². The third-order valence-electron chi connectivity index (χ3n) is 3.53. The highest BCUT2D eigenvalue weighted by molar-refractivity contribution is 9.10. The Kier molecular flexibility index (Phi) is 4.27. The average Bonchev–Trinajstić information content (AvgIpc) is 2.49. The summed E-state index contributed by atoms with van der Waals surface area (Å²) in [4.78, 5) is 4.69. The molecular weight excluding hydrogens is 346 g/mol. The monoisotopic (exact) mass is 359 g/mol. The molecule has 1 nitrogen and oxygen atoms in total. The van der Waals surface area contributed by atoms with Crippen LogP contribution in [0.25, 0.3) is 10.9 Å². The Labute approximate surface area is 138 Å². The van der Waals surface area contributed by atoms with Gasteiger partial charge in [0.2, 0.25) is 0 Å². The SMILES string of the molecule is Cc1ccc(Br)c(C(Cl)Cc2ccc3ccccc3n2)c1. The minimum Gasteiger partial charge on any atom is -0.253 e. The Balaban J connectivity index is 1.88. The highest BCUT2D eigenvalue weighted by Crippen LogP contribution is 2.31. The second-order valence-electron chi connectivity index (χ2n) is 5.19. The first-order valence-corrected chi connectivity index (χ1v) is 8.11. The standard InChI is InChI=1S/C18H15BrClN/c1-12-6-9-16(19)15(10-12)17(20)11-14-8-7-13-4-2-3-5-18(13)21-14/h2-10,17H,11H2,1H3. The Morgan fingerprint density at radius 2 is 1.90 bits per heavy atom. The van der Waals surface area contributed by atoms with Gasteiger partial charge in [-0.25, -0.2) is 0 Å². The molecule has 0 fully saturated rings. The van der Waals surface area contributed by atoms with Crippen molar-refractivity contribution >= 4 is 38.4 Å². The van der Waals surface area contributed by atoms with Gasteiger partial charge < -0.3 is 0 Å². The summed E-state index contributed by atoms with van der Waals surface area (Å²) in [5, 5.41) is 1.07. The summed E-state index contributed by atoms with van der Waals surface area (Å²) in [5.41, 5.74) is 4.36. The number of aromatic nitrogens is 1. The van der Waals surface area contributed by atoms with Crippen LogP contribution in [0.15, 0.2) is 59.1 Å². The number of rotatable bonds is 3. The lowest BCUT2D eigenvalue weighted by Gasteiger charge is -2.13. The molecule has 0 radical (unpaired) electrons. The van der Waals surface area contributed by atoms with Gasteiger partial charge in [-0.2, -0.15) is 0 Å². The summed E-state index contributed by atoms with van der Waals surface area (Å²) in [6, 6.07) is 18.6. The van der Waals surface area contributed by atoms with Gasteiger partial charge in [0.15, 0.2) is 0 Å². The van der Waals surface area contributed by atoms with Crippen molar-refractivity contribution in [3.05, 3.63) is 75.9 Å². The predicted molar refractivity (Wildman–Crippen MR) is 92.9 cm³/mol. The molecule has 106 valence electrons. The lowest BCUT2D eigenvalue weighted by Crippen LogP contribution is -2.00. The van der Waals surface area contributed by atoms with E-state index >= 15 is 0 Å². The Hall–Kier alpha value is -1.38. The van der Waals surface area contributed by atoms with E-state index in [1.165, 1.54) is 5.56 Å². The molecule has 0 N–H and O–H groups in total. The van der Waals surface area contributed by atoms with Crippen molar-refractivity contribution in [3.63, 3.8) is 0 Å². The summed E-state index contributed by atoms with van der Waals surface area (Å²) < 4.78 is 1.05. The van der Waals surface area contributed by atoms with E-state index in [2.05, 4.69) is 53.2 Å². The second kappa shape index (κ2) is 6.17. The zero-order chi connectivity index (χ0) is 14.8. The van der Waals surface area contributed by atoms with Crippen molar-refractivity contribution in [1.82, 2.24) is 4.98 Å². The first-order valence-electron chi connectivity index (χ1n) is 6.88. The highest BCUT2D eigenvalue weighted by Gasteiger charge is 2.13. The molecule has 0 amide bonds. The molecule has 3 aromatic rings. The van der Waals surface area contributed by atoms with Crippen LogP contribution in [0.1, 0.15) is 22.2 Å². The van der Waals surface area contributed by atoms with E-state index in [1.807, 2.05) is 24.3 Å². The van der Waals surface area contributed by atoms with E-state index in [0.29, 0.717) is 6.42 Å². The van der Waals surface area contributed by atoms with E-state index in [0.717, 1.165) is 26.6 Å². The number of benzene rings is 2. The summed E-state index contributed by atoms with van der Waals surface area (Å²) in [6.45, 7) is 2.08. The van der Waals surface area contributed by atoms with Crippen LogP contribution in [0.2, 0.25) is 0 Å². The number of hydrogen-bond donors (Lipinski definition) is 0. The molecule has 3 rings (SSSR count). The molecule has 21 heavy (non-hydrogen) atoms. The number of pyridine rings is 1. The summed E-state index contributed by atoms with van der Waals surface area (Å²) in [5.74, 6) is 0. The Bertz CT molecular complexity index is 785. The number of nitrogens with zero attached hydrogens (tertiary/aromatic N) is 1. The minimum absolute atomic E-state index is 0.0899. The quantitative estimate of drug-likeness (QED) is 0.536. The first-order chi connectivity index (χ1) is 10.1. The molecule has 1 aromatic heterocycles. The van der Waals surface area contributed by atoms with Crippen LogP contribution < -0.4 is 0 Å². The van der Waals surface area contributed by atoms with Crippen LogP contribution in [0.4, 0.5) is 0 Å². The molecule has 1 unspecified atom stereocenters. The van der Waals surface area contributed by atoms with Crippen LogP contribution in [-0.2, 0) is 6.42 Å². The van der Waals surface area contributed by atoms with Gasteiger partial charge >= 0.3 is 0 Å². The fraction of sp³-hybridized carbons (Fsp3) is 0.167. The van der Waals surface area contributed by atoms with Crippen molar-refractivity contribution in [1.29, 1.82) is 0 Å². The van der Waals surface area contributed by atoms with Crippen LogP contribution in [-0.4, -0.2) is 4.98 Å². The lowest BCUT2D eigenvalue weighted by atomic mass is 10.0. The van der Waals surface area contributed by atoms with Gasteiger partial charge in [-0.05, 0) is 30.7 Å². The van der Waals surface area contributed by atoms with E-state index in [1.54, 1.807) is 0 Å². The number of alkyl halides is 1. The molecule has 1 atom stereocenters. The zero-order valence-corrected chi connectivity index (χ0v) is 14.0. The van der Waals surface area contributed by atoms with E-state index in [9.17, 15) is 0 Å². The maximum atomic E-state index is 6.60. The van der Waals surface area contributed by atoms with Crippen molar-refractivity contribution < 1.29 is 0 Å². The topological polar surface area (TPSA) is 12.9 Å². The van der Waals surface area contributed by atoms with Crippen molar-refractivity contribution in [2.45, 2.75) is 18.7 Å². The van der Waals surface area contributed by atoms with E-state index in [-0.39, 0.29) is 5.38 Å². The van der Waals surface area contributed by atoms with Gasteiger partial charge in [-0.3, -0.25) is 4.98 Å². The van der Waals surface area contributed by atoms with Gasteiger partial charge in [0.25, 0.3) is 0 Å². The van der Waals surface area contributed by atoms with Crippen LogP contribution in [0.3, 0.4) is 0 Å². The first kappa shape index (κ1) is 14.6. The second-order valence-corrected chi connectivity index (χ2v) is 6.57. The molecule has 0 spiro atoms. The number of hydrogen-bond acceptors (Lipinski definition) is 1. The van der Waals surface area contributed by atoms with Gasteiger partial charge in [0.05, 0.1) is 10.9 Å². The van der Waals surface area contributed by atoms with Gasteiger partial charge in [0, 0.05) is 22.0 Å². The van der Waals surface area contributed by atoms with Crippen LogP contribution in [0.5, 0.6) is 0 Å². The predicted octanol–water partition coefficient (Wildman–Crippen LogP) is 5.83. The molecule has 1 heterocycles. The Morgan fingerprint density at radius 1 is 1.10 bits per heavy atom. The van der Waals surface area contributed by atoms with Gasteiger partial charge in [-0.15, -0.1) is 11.6 Å². The van der Waals surface area contributed by atoms with E-state index < -0.39 is 0 Å². The molecule has 0 aliphatic heterocycles. The lowest BCUT2D eigenvalue weighted by molar-refractivity contribution is 0.882. The third-order valence-corrected chi connectivity index (χ3v) is 4.64. The average molecular weight is 361 g/mol. The van der Waals surface area contributed by atoms with Gasteiger partial charge in [-0.1, -0.05) is 57.9 Å². The molecular formula is C18H15BrClN. The summed E-state index contributed by atoms with van der Waals surface area (Å²) in [6.07, 6.45) is 0.717. The largest absolute Gasteiger partial charge is 0.253 e. The molecule has 0 saturated carbocycles. The normalized spacial score (nSPS) is 12.5.